The average molecular weight is 291 g/mol. The summed E-state index contributed by atoms with van der Waals surface area (Å²) in [7, 11) is 1.70. The van der Waals surface area contributed by atoms with Gasteiger partial charge >= 0.3 is 0 Å². The van der Waals surface area contributed by atoms with E-state index in [9.17, 15) is 0 Å². The van der Waals surface area contributed by atoms with Crippen LogP contribution >= 0.6 is 0 Å². The zero-order valence-corrected chi connectivity index (χ0v) is 12.6. The van der Waals surface area contributed by atoms with Crippen molar-refractivity contribution in [1.82, 2.24) is 9.97 Å². The molecular formula is C18H17N3O. The number of aromatic nitrogens is 2. The Balaban J connectivity index is 1.93. The smallest absolute Gasteiger partial charge is 0.109 e. The third-order valence-corrected chi connectivity index (χ3v) is 3.76. The van der Waals surface area contributed by atoms with Crippen LogP contribution in [0.3, 0.4) is 0 Å². The number of hydrogen-bond donors (Lipinski definition) is 1. The molecule has 1 N–H and O–H groups in total. The summed E-state index contributed by atoms with van der Waals surface area (Å²) in [5.74, 6) is 0.932. The van der Waals surface area contributed by atoms with Crippen molar-refractivity contribution in [3.8, 4) is 17.2 Å². The van der Waals surface area contributed by atoms with Crippen molar-refractivity contribution in [2.45, 2.75) is 19.4 Å². The van der Waals surface area contributed by atoms with E-state index >= 15 is 0 Å². The Kier molecular flexibility index (Phi) is 3.90. The van der Waals surface area contributed by atoms with E-state index in [1.165, 1.54) is 0 Å². The Morgan fingerprint density at radius 3 is 2.59 bits per heavy atom. The third kappa shape index (κ3) is 2.85. The maximum Gasteiger partial charge on any atom is 0.109 e. The quantitative estimate of drug-likeness (QED) is 0.797. The van der Waals surface area contributed by atoms with Crippen LogP contribution in [0.15, 0.2) is 42.5 Å². The first-order valence-electron chi connectivity index (χ1n) is 7.21. The van der Waals surface area contributed by atoms with Gasteiger partial charge in [-0.2, -0.15) is 5.26 Å². The van der Waals surface area contributed by atoms with E-state index in [0.717, 1.165) is 34.4 Å². The molecule has 22 heavy (non-hydrogen) atoms. The van der Waals surface area contributed by atoms with Gasteiger partial charge in [-0.15, -0.1) is 0 Å². The maximum absolute atomic E-state index is 8.86. The number of methoxy groups -OCH3 is 1. The first kappa shape index (κ1) is 14.3. The molecule has 0 bridgehead atoms. The highest BCUT2D eigenvalue weighted by atomic mass is 16.5. The van der Waals surface area contributed by atoms with Gasteiger partial charge in [0.1, 0.15) is 5.82 Å². The number of hydrogen-bond acceptors (Lipinski definition) is 3. The lowest BCUT2D eigenvalue weighted by Gasteiger charge is -2.05. The molecule has 110 valence electrons. The van der Waals surface area contributed by atoms with Gasteiger partial charge in [0.2, 0.25) is 0 Å². The van der Waals surface area contributed by atoms with Crippen molar-refractivity contribution in [2.24, 2.45) is 0 Å². The summed E-state index contributed by atoms with van der Waals surface area (Å²) >= 11 is 0. The normalized spacial score (nSPS) is 12.2. The highest BCUT2D eigenvalue weighted by Gasteiger charge is 2.08. The molecule has 1 heterocycles. The van der Waals surface area contributed by atoms with Crippen molar-refractivity contribution in [3.63, 3.8) is 0 Å². The van der Waals surface area contributed by atoms with Gasteiger partial charge < -0.3 is 9.72 Å². The van der Waals surface area contributed by atoms with Gasteiger partial charge in [0.15, 0.2) is 0 Å². The second-order valence-corrected chi connectivity index (χ2v) is 5.36. The van der Waals surface area contributed by atoms with Crippen LogP contribution in [0.1, 0.15) is 18.3 Å². The monoisotopic (exact) mass is 291 g/mol. The summed E-state index contributed by atoms with van der Waals surface area (Å²) < 4.78 is 5.28. The van der Waals surface area contributed by atoms with Crippen LogP contribution in [0, 0.1) is 11.3 Å². The Morgan fingerprint density at radius 2 is 1.91 bits per heavy atom. The molecule has 0 radical (unpaired) electrons. The number of fused-ring (bicyclic) bond motifs is 1. The molecule has 2 aromatic carbocycles. The first-order valence-corrected chi connectivity index (χ1v) is 7.21. The number of benzene rings is 2. The molecule has 1 atom stereocenters. The molecule has 4 heteroatoms. The van der Waals surface area contributed by atoms with Gasteiger partial charge in [0.05, 0.1) is 28.8 Å². The van der Waals surface area contributed by atoms with E-state index < -0.39 is 0 Å². The molecule has 0 amide bonds. The van der Waals surface area contributed by atoms with E-state index in [0.29, 0.717) is 5.56 Å². The van der Waals surface area contributed by atoms with Crippen LogP contribution < -0.4 is 0 Å². The Bertz CT molecular complexity index is 828. The van der Waals surface area contributed by atoms with Gasteiger partial charge in [-0.25, -0.2) is 4.98 Å². The summed E-state index contributed by atoms with van der Waals surface area (Å²) in [6.45, 7) is 2.02. The summed E-state index contributed by atoms with van der Waals surface area (Å²) in [5, 5.41) is 8.86. The highest BCUT2D eigenvalue weighted by Crippen LogP contribution is 2.24. The molecule has 0 saturated heterocycles. The Labute approximate surface area is 129 Å². The molecule has 1 aromatic heterocycles. The number of aromatic amines is 1. The minimum Gasteiger partial charge on any atom is -0.381 e. The number of rotatable bonds is 4. The van der Waals surface area contributed by atoms with E-state index in [2.05, 4.69) is 22.1 Å². The zero-order chi connectivity index (χ0) is 15.5. The molecular weight excluding hydrogens is 274 g/mol. The van der Waals surface area contributed by atoms with Crippen LogP contribution in [0.4, 0.5) is 0 Å². The molecule has 4 nitrogen and oxygen atoms in total. The van der Waals surface area contributed by atoms with Gasteiger partial charge in [0, 0.05) is 13.5 Å². The fourth-order valence-corrected chi connectivity index (χ4v) is 2.43. The van der Waals surface area contributed by atoms with Crippen molar-refractivity contribution in [2.75, 3.05) is 7.11 Å². The van der Waals surface area contributed by atoms with Crippen molar-refractivity contribution >= 4 is 11.0 Å². The first-order chi connectivity index (χ1) is 10.7. The molecule has 0 saturated carbocycles. The Morgan fingerprint density at radius 1 is 1.18 bits per heavy atom. The molecule has 0 fully saturated rings. The second kappa shape index (κ2) is 6.00. The van der Waals surface area contributed by atoms with Crippen molar-refractivity contribution < 1.29 is 4.74 Å². The number of ether oxygens (including phenoxy) is 1. The summed E-state index contributed by atoms with van der Waals surface area (Å²) in [5.41, 5.74) is 4.83. The summed E-state index contributed by atoms with van der Waals surface area (Å²) in [6.07, 6.45) is 0.899. The zero-order valence-electron chi connectivity index (χ0n) is 12.6. The number of H-pyrrole nitrogens is 1. The molecule has 0 spiro atoms. The van der Waals surface area contributed by atoms with Crippen LogP contribution in [-0.4, -0.2) is 23.2 Å². The third-order valence-electron chi connectivity index (χ3n) is 3.76. The van der Waals surface area contributed by atoms with E-state index in [1.807, 2.05) is 43.3 Å². The van der Waals surface area contributed by atoms with E-state index in [1.54, 1.807) is 7.11 Å². The van der Waals surface area contributed by atoms with Crippen molar-refractivity contribution in [3.05, 3.63) is 53.9 Å². The predicted molar refractivity (Wildman–Crippen MR) is 86.4 cm³/mol. The Hall–Kier alpha value is -2.64. The maximum atomic E-state index is 8.86. The van der Waals surface area contributed by atoms with Gasteiger partial charge in [0.25, 0.3) is 0 Å². The molecule has 0 aliphatic heterocycles. The standard InChI is InChI=1S/C18H17N3O/c1-12(22-2)9-18-20-16-8-7-15(10-17(16)21-18)14-5-3-13(11-19)4-6-14/h3-8,10,12H,9H2,1-2H3,(H,20,21)/t12-/m1/s1. The SMILES string of the molecule is CO[C@H](C)Cc1nc2ccc(-c3ccc(C#N)cc3)cc2[nH]1. The average Bonchev–Trinajstić information content (AvgIpc) is 2.96. The summed E-state index contributed by atoms with van der Waals surface area (Å²) in [4.78, 5) is 7.93. The van der Waals surface area contributed by atoms with Crippen molar-refractivity contribution in [1.29, 1.82) is 5.26 Å². The van der Waals surface area contributed by atoms with Crippen LogP contribution in [0.25, 0.3) is 22.2 Å². The number of nitrogens with one attached hydrogen (secondary N) is 1. The molecule has 3 rings (SSSR count). The molecule has 0 aliphatic rings. The van der Waals surface area contributed by atoms with E-state index in [4.69, 9.17) is 10.00 Å². The van der Waals surface area contributed by atoms with Gasteiger partial charge in [-0.3, -0.25) is 0 Å². The molecule has 0 unspecified atom stereocenters. The topological polar surface area (TPSA) is 61.7 Å². The number of nitrogens with zero attached hydrogens (tertiary/aromatic N) is 2. The largest absolute Gasteiger partial charge is 0.381 e. The molecule has 0 aliphatic carbocycles. The fourth-order valence-electron chi connectivity index (χ4n) is 2.43. The predicted octanol–water partition coefficient (Wildman–Crippen LogP) is 3.68. The van der Waals surface area contributed by atoms with E-state index in [-0.39, 0.29) is 6.10 Å². The summed E-state index contributed by atoms with van der Waals surface area (Å²) in [6, 6.07) is 15.9. The lowest BCUT2D eigenvalue weighted by atomic mass is 10.0. The highest BCUT2D eigenvalue weighted by molar-refractivity contribution is 5.82. The van der Waals surface area contributed by atoms with Crippen LogP contribution in [-0.2, 0) is 11.2 Å². The van der Waals surface area contributed by atoms with Gasteiger partial charge in [-0.05, 0) is 42.3 Å². The lowest BCUT2D eigenvalue weighted by Crippen LogP contribution is -2.09. The minimum absolute atomic E-state index is 0.138. The number of imidazole rings is 1. The van der Waals surface area contributed by atoms with Gasteiger partial charge in [-0.1, -0.05) is 18.2 Å². The minimum atomic E-state index is 0.138. The fraction of sp³-hybridized carbons (Fsp3) is 0.222. The lowest BCUT2D eigenvalue weighted by molar-refractivity contribution is 0.117. The van der Waals surface area contributed by atoms with Crippen LogP contribution in [0.5, 0.6) is 0 Å². The number of nitriles is 1. The second-order valence-electron chi connectivity index (χ2n) is 5.36. The molecule has 3 aromatic rings. The van der Waals surface area contributed by atoms with Crippen LogP contribution in [0.2, 0.25) is 0 Å².